The van der Waals surface area contributed by atoms with Gasteiger partial charge in [-0.1, -0.05) is 263 Å². The van der Waals surface area contributed by atoms with Gasteiger partial charge in [0.05, 0.1) is 27.7 Å². The van der Waals surface area contributed by atoms with E-state index in [1.54, 1.807) is 0 Å². The zero-order valence-corrected chi connectivity index (χ0v) is 54.0. The molecule has 0 aliphatic carbocycles. The fraction of sp³-hybridized carbons (Fsp3) is 0.667. The van der Waals surface area contributed by atoms with Gasteiger partial charge in [0.25, 0.3) is 7.82 Å². The number of esters is 2. The molecule has 2 atom stereocenters. The van der Waals surface area contributed by atoms with Gasteiger partial charge in [-0.3, -0.25) is 14.2 Å². The molecular weight excluding hydrogens is 1040 g/mol. The molecule has 82 heavy (non-hydrogen) atoms. The number of rotatable bonds is 59. The molecule has 0 aromatic carbocycles. The number of allylic oxidation sites excluding steroid dienone is 22. The molecule has 0 aromatic heterocycles. The Morgan fingerprint density at radius 2 is 0.695 bits per heavy atom. The highest BCUT2D eigenvalue weighted by Crippen LogP contribution is 2.38. The van der Waals surface area contributed by atoms with E-state index in [0.717, 1.165) is 122 Å². The van der Waals surface area contributed by atoms with Crippen LogP contribution in [0.1, 0.15) is 258 Å². The second-order valence-corrected chi connectivity index (χ2v) is 24.2. The minimum absolute atomic E-state index is 0.0401. The monoisotopic (exact) mass is 1160 g/mol. The second kappa shape index (κ2) is 61.7. The molecule has 0 heterocycles. The van der Waals surface area contributed by atoms with Gasteiger partial charge in [-0.05, 0) is 116 Å². The molecule has 0 saturated carbocycles. The number of hydrogen-bond donors (Lipinski definition) is 0. The average Bonchev–Trinajstić information content (AvgIpc) is 3.46. The van der Waals surface area contributed by atoms with Crippen LogP contribution >= 0.6 is 7.82 Å². The lowest BCUT2D eigenvalue weighted by molar-refractivity contribution is -0.870. The number of hydrogen-bond acceptors (Lipinski definition) is 8. The van der Waals surface area contributed by atoms with Crippen molar-refractivity contribution in [3.8, 4) is 0 Å². The van der Waals surface area contributed by atoms with E-state index in [1.165, 1.54) is 103 Å². The quantitative estimate of drug-likeness (QED) is 0.0195. The Balaban J connectivity index is 4.17. The van der Waals surface area contributed by atoms with E-state index in [0.29, 0.717) is 17.4 Å². The highest BCUT2D eigenvalue weighted by Gasteiger charge is 2.22. The van der Waals surface area contributed by atoms with Gasteiger partial charge in [0.1, 0.15) is 19.8 Å². The summed E-state index contributed by atoms with van der Waals surface area (Å²) in [6, 6.07) is 0. The largest absolute Gasteiger partial charge is 0.756 e. The van der Waals surface area contributed by atoms with Crippen LogP contribution in [0.25, 0.3) is 0 Å². The Labute approximate surface area is 504 Å². The van der Waals surface area contributed by atoms with Crippen LogP contribution in [0.4, 0.5) is 0 Å². The number of phosphoric ester groups is 1. The fourth-order valence-electron chi connectivity index (χ4n) is 8.62. The highest BCUT2D eigenvalue weighted by atomic mass is 31.2. The smallest absolute Gasteiger partial charge is 0.306 e. The number of unbranched alkanes of at least 4 members (excludes halogenated alkanes) is 23. The van der Waals surface area contributed by atoms with Crippen LogP contribution in [0.2, 0.25) is 0 Å². The standard InChI is InChI=1S/C72H122NO8P/c1-6-8-10-12-14-16-18-20-22-24-26-28-30-32-33-34-35-36-37-38-39-41-43-45-47-49-51-53-55-57-59-61-63-65-72(75)81-70(69-80-82(76,77)79-67-66-73(3,4)5)68-78-71(74)64-62-60-58-56-54-52-50-48-46-44-42-40-31-29-27-25-23-21-19-17-15-13-11-9-7-2/h8,10,14,16,19-22,25-28,31-33,35-36,38-40,43,45,70H,6-7,9,11-13,15,17-18,23-24,29-30,34,37,41-42,44,46-69H2,1-5H3/b10-8-,16-14-,21-19-,22-20-,27-25-,28-26-,33-32-,36-35-,39-38-,40-31-,45-43-. The summed E-state index contributed by atoms with van der Waals surface area (Å²) in [4.78, 5) is 38.0. The SMILES string of the molecule is CC/C=C\C/C=C\C/C=C\C/C=C\C/C=C\C/C=C\C/C=C\C/C=C\CCCCCCCCCCC(=O)OC(COC(=O)CCCCCCCCCCCC/C=C\C/C=C\C/C=C\CCCCCCC)COP(=O)([O-])OCC[N+](C)(C)C. The predicted molar refractivity (Wildman–Crippen MR) is 351 cm³/mol. The maximum atomic E-state index is 12.8. The fourth-order valence-corrected chi connectivity index (χ4v) is 9.35. The van der Waals surface area contributed by atoms with Crippen molar-refractivity contribution in [2.24, 2.45) is 0 Å². The van der Waals surface area contributed by atoms with Gasteiger partial charge in [-0.2, -0.15) is 0 Å². The zero-order chi connectivity index (χ0) is 59.8. The zero-order valence-electron chi connectivity index (χ0n) is 53.1. The number of carbonyl (C=O) groups is 2. The minimum atomic E-state index is -4.65. The van der Waals surface area contributed by atoms with E-state index in [1.807, 2.05) is 21.1 Å². The van der Waals surface area contributed by atoms with E-state index >= 15 is 0 Å². The molecule has 2 unspecified atom stereocenters. The molecule has 0 aliphatic heterocycles. The van der Waals surface area contributed by atoms with Crippen molar-refractivity contribution in [3.05, 3.63) is 134 Å². The molecule has 10 heteroatoms. The van der Waals surface area contributed by atoms with E-state index in [-0.39, 0.29) is 26.1 Å². The third-order valence-electron chi connectivity index (χ3n) is 13.7. The first-order valence-electron chi connectivity index (χ1n) is 32.9. The molecule has 0 saturated heterocycles. The lowest BCUT2D eigenvalue weighted by Gasteiger charge is -2.28. The summed E-state index contributed by atoms with van der Waals surface area (Å²) in [6.07, 6.45) is 89.3. The number of phosphoric acid groups is 1. The van der Waals surface area contributed by atoms with E-state index in [2.05, 4.69) is 148 Å². The maximum absolute atomic E-state index is 12.8. The van der Waals surface area contributed by atoms with Gasteiger partial charge < -0.3 is 27.9 Å². The molecular formula is C72H122NO8P. The molecule has 0 N–H and O–H groups in total. The Hall–Kier alpha value is -3.85. The first-order chi connectivity index (χ1) is 40.0. The third kappa shape index (κ3) is 65.3. The van der Waals surface area contributed by atoms with Crippen LogP contribution in [0, 0.1) is 0 Å². The van der Waals surface area contributed by atoms with Crippen molar-refractivity contribution in [2.45, 2.75) is 264 Å². The van der Waals surface area contributed by atoms with Gasteiger partial charge in [0, 0.05) is 12.8 Å². The molecule has 0 fully saturated rings. The first-order valence-corrected chi connectivity index (χ1v) is 34.4. The van der Waals surface area contributed by atoms with E-state index in [9.17, 15) is 19.0 Å². The molecule has 0 aromatic rings. The molecule has 0 radical (unpaired) electrons. The Kier molecular flexibility index (Phi) is 58.8. The van der Waals surface area contributed by atoms with Crippen LogP contribution < -0.4 is 4.89 Å². The Bertz CT molecular complexity index is 1850. The van der Waals surface area contributed by atoms with Gasteiger partial charge in [0.2, 0.25) is 0 Å². The molecule has 0 aliphatic rings. The van der Waals surface area contributed by atoms with Crippen molar-refractivity contribution in [1.82, 2.24) is 0 Å². The number of likely N-dealkylation sites (N-methyl/N-ethyl adjacent to an activating group) is 1. The Morgan fingerprint density at radius 1 is 0.390 bits per heavy atom. The molecule has 0 spiro atoms. The van der Waals surface area contributed by atoms with Crippen LogP contribution in [0.3, 0.4) is 0 Å². The number of quaternary nitrogens is 1. The summed E-state index contributed by atoms with van der Waals surface area (Å²) in [6.45, 7) is 4.10. The second-order valence-electron chi connectivity index (χ2n) is 22.7. The van der Waals surface area contributed by atoms with Crippen molar-refractivity contribution in [1.29, 1.82) is 0 Å². The summed E-state index contributed by atoms with van der Waals surface area (Å²) in [5.74, 6) is -0.852. The minimum Gasteiger partial charge on any atom is -0.756 e. The number of nitrogens with zero attached hydrogens (tertiary/aromatic N) is 1. The predicted octanol–water partition coefficient (Wildman–Crippen LogP) is 20.6. The van der Waals surface area contributed by atoms with Gasteiger partial charge in [-0.25, -0.2) is 0 Å². The molecule has 468 valence electrons. The van der Waals surface area contributed by atoms with Gasteiger partial charge in [0.15, 0.2) is 6.10 Å². The van der Waals surface area contributed by atoms with Crippen molar-refractivity contribution < 1.29 is 42.1 Å². The van der Waals surface area contributed by atoms with Crippen molar-refractivity contribution >= 4 is 19.8 Å². The lowest BCUT2D eigenvalue weighted by Crippen LogP contribution is -2.37. The van der Waals surface area contributed by atoms with Crippen LogP contribution in [0.5, 0.6) is 0 Å². The summed E-state index contributed by atoms with van der Waals surface area (Å²) < 4.78 is 34.2. The molecule has 0 rings (SSSR count). The van der Waals surface area contributed by atoms with Gasteiger partial charge in [-0.15, -0.1) is 0 Å². The normalized spacial score (nSPS) is 14.1. The number of carbonyl (C=O) groups excluding carboxylic acids is 2. The van der Waals surface area contributed by atoms with Gasteiger partial charge >= 0.3 is 11.9 Å². The maximum Gasteiger partial charge on any atom is 0.306 e. The topological polar surface area (TPSA) is 111 Å². The summed E-state index contributed by atoms with van der Waals surface area (Å²) >= 11 is 0. The number of ether oxygens (including phenoxy) is 2. The van der Waals surface area contributed by atoms with E-state index in [4.69, 9.17) is 18.5 Å². The molecule has 0 bridgehead atoms. The summed E-state index contributed by atoms with van der Waals surface area (Å²) in [5.41, 5.74) is 0. The van der Waals surface area contributed by atoms with Crippen LogP contribution in [0.15, 0.2) is 134 Å². The molecule has 0 amide bonds. The third-order valence-corrected chi connectivity index (χ3v) is 14.6. The van der Waals surface area contributed by atoms with Crippen LogP contribution in [-0.4, -0.2) is 70.0 Å². The Morgan fingerprint density at radius 3 is 1.04 bits per heavy atom. The van der Waals surface area contributed by atoms with E-state index < -0.39 is 32.5 Å². The first kappa shape index (κ1) is 78.1. The summed E-state index contributed by atoms with van der Waals surface area (Å²) in [7, 11) is 1.14. The van der Waals surface area contributed by atoms with Crippen molar-refractivity contribution in [2.75, 3.05) is 47.5 Å². The highest BCUT2D eigenvalue weighted by molar-refractivity contribution is 7.45. The summed E-state index contributed by atoms with van der Waals surface area (Å²) in [5, 5.41) is 0. The molecule has 9 nitrogen and oxygen atoms in total. The van der Waals surface area contributed by atoms with Crippen molar-refractivity contribution in [3.63, 3.8) is 0 Å². The van der Waals surface area contributed by atoms with Crippen LogP contribution in [-0.2, 0) is 32.7 Å². The average molecular weight is 1160 g/mol. The lowest BCUT2D eigenvalue weighted by atomic mass is 10.1.